The van der Waals surface area contributed by atoms with Crippen molar-refractivity contribution in [3.63, 3.8) is 0 Å². The minimum atomic E-state index is -0.512. The molecule has 0 spiro atoms. The lowest BCUT2D eigenvalue weighted by atomic mass is 10.1. The van der Waals surface area contributed by atoms with Crippen LogP contribution < -0.4 is 9.47 Å². The Morgan fingerprint density at radius 1 is 1.04 bits per heavy atom. The summed E-state index contributed by atoms with van der Waals surface area (Å²) in [5.74, 6) is 0.975. The van der Waals surface area contributed by atoms with Crippen molar-refractivity contribution in [2.75, 3.05) is 14.2 Å². The Balaban J connectivity index is 1.95. The normalized spacial score (nSPS) is 15.2. The number of nitrogens with zero attached hydrogens (tertiary/aromatic N) is 1. The quantitative estimate of drug-likeness (QED) is 0.627. The Bertz CT molecular complexity index is 818. The monoisotopic (exact) mass is 343 g/mol. The van der Waals surface area contributed by atoms with Gasteiger partial charge in [0.25, 0.3) is 0 Å². The molecule has 1 aliphatic heterocycles. The van der Waals surface area contributed by atoms with Gasteiger partial charge in [-0.3, -0.25) is 0 Å². The topological polar surface area (TPSA) is 57.1 Å². The van der Waals surface area contributed by atoms with Crippen LogP contribution in [-0.2, 0) is 9.53 Å². The number of hydrogen-bond donors (Lipinski definition) is 0. The maximum atomic E-state index is 12.0. The van der Waals surface area contributed by atoms with Crippen molar-refractivity contribution in [2.45, 2.75) is 0 Å². The third kappa shape index (κ3) is 3.41. The molecule has 3 rings (SSSR count). The highest BCUT2D eigenvalue weighted by Crippen LogP contribution is 2.26. The number of aliphatic imine (C=N–C) groups is 1. The Labute approximate surface area is 144 Å². The van der Waals surface area contributed by atoms with Gasteiger partial charge in [0.2, 0.25) is 5.90 Å². The predicted molar refractivity (Wildman–Crippen MR) is 91.6 cm³/mol. The number of carbonyl (C=O) groups excluding carboxylic acids is 1. The second kappa shape index (κ2) is 6.76. The number of halogens is 1. The summed E-state index contributed by atoms with van der Waals surface area (Å²) in [5.41, 5.74) is 1.61. The molecule has 0 N–H and O–H groups in total. The Morgan fingerprint density at radius 3 is 2.25 bits per heavy atom. The number of cyclic esters (lactones) is 1. The van der Waals surface area contributed by atoms with E-state index < -0.39 is 5.97 Å². The van der Waals surface area contributed by atoms with Crippen LogP contribution in [0.1, 0.15) is 11.1 Å². The van der Waals surface area contributed by atoms with E-state index in [1.165, 1.54) is 0 Å². The number of carbonyl (C=O) groups is 1. The smallest absolute Gasteiger partial charge is 0.363 e. The van der Waals surface area contributed by atoms with Crippen molar-refractivity contribution in [3.05, 3.63) is 64.3 Å². The van der Waals surface area contributed by atoms with Crippen molar-refractivity contribution in [1.82, 2.24) is 0 Å². The average molecular weight is 344 g/mol. The van der Waals surface area contributed by atoms with Gasteiger partial charge >= 0.3 is 5.97 Å². The molecule has 24 heavy (non-hydrogen) atoms. The first-order valence-electron chi connectivity index (χ1n) is 7.10. The van der Waals surface area contributed by atoms with E-state index in [-0.39, 0.29) is 11.6 Å². The van der Waals surface area contributed by atoms with Gasteiger partial charge in [0.15, 0.2) is 5.70 Å². The zero-order valence-corrected chi connectivity index (χ0v) is 13.8. The summed E-state index contributed by atoms with van der Waals surface area (Å²) in [5, 5.41) is 0.600. The van der Waals surface area contributed by atoms with Crippen LogP contribution in [0.3, 0.4) is 0 Å². The molecule has 2 aromatic rings. The number of rotatable bonds is 4. The maximum Gasteiger partial charge on any atom is 0.363 e. The third-order valence-corrected chi connectivity index (χ3v) is 3.64. The predicted octanol–water partition coefficient (Wildman–Crippen LogP) is 3.70. The minimum Gasteiger partial charge on any atom is -0.497 e. The molecule has 6 heteroatoms. The SMILES string of the molecule is COc1cc(/C=C2/N=C(c3ccc(Cl)cc3)OC2=O)cc(OC)c1. The summed E-state index contributed by atoms with van der Waals surface area (Å²) in [6.07, 6.45) is 1.62. The summed E-state index contributed by atoms with van der Waals surface area (Å²) in [6, 6.07) is 12.2. The average Bonchev–Trinajstić information content (AvgIpc) is 2.95. The van der Waals surface area contributed by atoms with Gasteiger partial charge in [-0.2, -0.15) is 0 Å². The molecule has 0 aliphatic carbocycles. The fourth-order valence-corrected chi connectivity index (χ4v) is 2.32. The largest absolute Gasteiger partial charge is 0.497 e. The lowest BCUT2D eigenvalue weighted by molar-refractivity contribution is -0.129. The zero-order valence-electron chi connectivity index (χ0n) is 13.1. The third-order valence-electron chi connectivity index (χ3n) is 3.39. The molecule has 0 fully saturated rings. The first-order valence-corrected chi connectivity index (χ1v) is 7.48. The van der Waals surface area contributed by atoms with Gasteiger partial charge in [-0.1, -0.05) is 11.6 Å². The lowest BCUT2D eigenvalue weighted by Gasteiger charge is -2.05. The standard InChI is InChI=1S/C18H14ClNO4/c1-22-14-7-11(8-15(10-14)23-2)9-16-18(21)24-17(20-16)12-3-5-13(19)6-4-12/h3-10H,1-2H3/b16-9+. The molecule has 0 saturated carbocycles. The van der Waals surface area contributed by atoms with Gasteiger partial charge in [-0.15, -0.1) is 0 Å². The molecule has 0 radical (unpaired) electrons. The first-order chi connectivity index (χ1) is 11.6. The Hall–Kier alpha value is -2.79. The summed E-state index contributed by atoms with van der Waals surface area (Å²) < 4.78 is 15.7. The van der Waals surface area contributed by atoms with Crippen LogP contribution >= 0.6 is 11.6 Å². The molecule has 0 bridgehead atoms. The van der Waals surface area contributed by atoms with E-state index in [0.29, 0.717) is 22.1 Å². The Kier molecular flexibility index (Phi) is 4.53. The summed E-state index contributed by atoms with van der Waals surface area (Å²) in [6.45, 7) is 0. The summed E-state index contributed by atoms with van der Waals surface area (Å²) in [7, 11) is 3.12. The molecule has 0 saturated heterocycles. The summed E-state index contributed by atoms with van der Waals surface area (Å²) in [4.78, 5) is 16.3. The van der Waals surface area contributed by atoms with E-state index in [1.807, 2.05) is 0 Å². The fourth-order valence-electron chi connectivity index (χ4n) is 2.20. The molecule has 0 amide bonds. The van der Waals surface area contributed by atoms with Crippen LogP contribution in [0.15, 0.2) is 53.2 Å². The zero-order chi connectivity index (χ0) is 17.1. The number of methoxy groups -OCH3 is 2. The van der Waals surface area contributed by atoms with E-state index in [9.17, 15) is 4.79 Å². The van der Waals surface area contributed by atoms with Crippen LogP contribution in [0.25, 0.3) is 6.08 Å². The van der Waals surface area contributed by atoms with Crippen molar-refractivity contribution in [2.24, 2.45) is 4.99 Å². The van der Waals surface area contributed by atoms with E-state index in [1.54, 1.807) is 62.8 Å². The van der Waals surface area contributed by atoms with Crippen LogP contribution in [0, 0.1) is 0 Å². The first kappa shape index (κ1) is 16.1. The number of ether oxygens (including phenoxy) is 3. The molecule has 122 valence electrons. The van der Waals surface area contributed by atoms with Crippen LogP contribution in [0.2, 0.25) is 5.02 Å². The number of hydrogen-bond acceptors (Lipinski definition) is 5. The van der Waals surface area contributed by atoms with Gasteiger partial charge < -0.3 is 14.2 Å². The van der Waals surface area contributed by atoms with E-state index in [4.69, 9.17) is 25.8 Å². The second-order valence-corrected chi connectivity index (χ2v) is 5.43. The highest BCUT2D eigenvalue weighted by Gasteiger charge is 2.24. The molecule has 1 heterocycles. The van der Waals surface area contributed by atoms with Gasteiger partial charge in [0.1, 0.15) is 11.5 Å². The van der Waals surface area contributed by atoms with Crippen molar-refractivity contribution < 1.29 is 19.0 Å². The fraction of sp³-hybridized carbons (Fsp3) is 0.111. The molecule has 5 nitrogen and oxygen atoms in total. The van der Waals surface area contributed by atoms with E-state index >= 15 is 0 Å². The molecule has 0 atom stereocenters. The highest BCUT2D eigenvalue weighted by atomic mass is 35.5. The number of esters is 1. The molecule has 0 unspecified atom stereocenters. The van der Waals surface area contributed by atoms with Gasteiger partial charge in [0, 0.05) is 16.7 Å². The Morgan fingerprint density at radius 2 is 1.67 bits per heavy atom. The van der Waals surface area contributed by atoms with Crippen molar-refractivity contribution in [3.8, 4) is 11.5 Å². The molecule has 0 aromatic heterocycles. The number of benzene rings is 2. The van der Waals surface area contributed by atoms with Crippen LogP contribution in [-0.4, -0.2) is 26.1 Å². The highest BCUT2D eigenvalue weighted by molar-refractivity contribution is 6.30. The van der Waals surface area contributed by atoms with E-state index in [0.717, 1.165) is 5.56 Å². The lowest BCUT2D eigenvalue weighted by Crippen LogP contribution is -2.05. The summed E-state index contributed by atoms with van der Waals surface area (Å²) >= 11 is 5.86. The minimum absolute atomic E-state index is 0.204. The molecule has 2 aromatic carbocycles. The van der Waals surface area contributed by atoms with Gasteiger partial charge in [-0.05, 0) is 48.0 Å². The van der Waals surface area contributed by atoms with Crippen LogP contribution in [0.5, 0.6) is 11.5 Å². The van der Waals surface area contributed by atoms with Crippen molar-refractivity contribution in [1.29, 1.82) is 0 Å². The molecular formula is C18H14ClNO4. The maximum absolute atomic E-state index is 12.0. The van der Waals surface area contributed by atoms with Crippen molar-refractivity contribution >= 4 is 29.5 Å². The van der Waals surface area contributed by atoms with Gasteiger partial charge in [-0.25, -0.2) is 9.79 Å². The molecule has 1 aliphatic rings. The molecular weight excluding hydrogens is 330 g/mol. The van der Waals surface area contributed by atoms with E-state index in [2.05, 4.69) is 4.99 Å². The second-order valence-electron chi connectivity index (χ2n) is 4.99. The van der Waals surface area contributed by atoms with Gasteiger partial charge in [0.05, 0.1) is 14.2 Å². The van der Waals surface area contributed by atoms with Crippen LogP contribution in [0.4, 0.5) is 0 Å².